The number of nitrogens with one attached hydrogen (secondary N) is 1. The number of fused-ring (bicyclic) bond motifs is 1. The predicted octanol–water partition coefficient (Wildman–Crippen LogP) is -0.0878. The third-order valence-electron chi connectivity index (χ3n) is 3.78. The van der Waals surface area contributed by atoms with Gasteiger partial charge in [-0.1, -0.05) is 6.07 Å². The molecular weight excluding hydrogens is 330 g/mol. The Morgan fingerprint density at radius 2 is 2.12 bits per heavy atom. The van der Waals surface area contributed by atoms with E-state index in [0.717, 1.165) is 17.8 Å². The molecule has 0 unspecified atom stereocenters. The van der Waals surface area contributed by atoms with Gasteiger partial charge in [0.25, 0.3) is 0 Å². The number of aromatic nitrogens is 3. The van der Waals surface area contributed by atoms with Crippen LogP contribution in [0.4, 0.5) is 0 Å². The fourth-order valence-electron chi connectivity index (χ4n) is 2.58. The van der Waals surface area contributed by atoms with Gasteiger partial charge in [0.1, 0.15) is 5.82 Å². The Kier molecular flexibility index (Phi) is 4.63. The summed E-state index contributed by atoms with van der Waals surface area (Å²) in [5, 5.41) is 0. The van der Waals surface area contributed by atoms with E-state index < -0.39 is 10.0 Å². The monoisotopic (exact) mass is 349 g/mol. The lowest BCUT2D eigenvalue weighted by molar-refractivity contribution is -0.132. The quantitative estimate of drug-likeness (QED) is 0.814. The van der Waals surface area contributed by atoms with Crippen LogP contribution in [0.2, 0.25) is 0 Å². The Hall–Kier alpha value is -2.26. The Balaban J connectivity index is 1.64. The zero-order valence-electron chi connectivity index (χ0n) is 13.3. The molecule has 1 aliphatic heterocycles. The van der Waals surface area contributed by atoms with Crippen LogP contribution in [-0.4, -0.2) is 46.6 Å². The van der Waals surface area contributed by atoms with Crippen molar-refractivity contribution in [3.05, 3.63) is 47.8 Å². The zero-order chi connectivity index (χ0) is 17.2. The molecule has 0 radical (unpaired) electrons. The van der Waals surface area contributed by atoms with Gasteiger partial charge in [0.2, 0.25) is 15.9 Å². The summed E-state index contributed by atoms with van der Waals surface area (Å²) in [4.78, 5) is 22.7. The number of sulfonamides is 1. The van der Waals surface area contributed by atoms with Gasteiger partial charge in [-0.25, -0.2) is 18.1 Å². The molecule has 24 heavy (non-hydrogen) atoms. The second kappa shape index (κ2) is 6.70. The summed E-state index contributed by atoms with van der Waals surface area (Å²) in [7, 11) is -3.25. The minimum absolute atomic E-state index is 0.0127. The van der Waals surface area contributed by atoms with Crippen LogP contribution in [0.3, 0.4) is 0 Å². The fourth-order valence-corrected chi connectivity index (χ4v) is 2.99. The number of hydrogen-bond donors (Lipinski definition) is 1. The number of imidazole rings is 1. The van der Waals surface area contributed by atoms with Gasteiger partial charge in [-0.2, -0.15) is 0 Å². The lowest BCUT2D eigenvalue weighted by atomic mass is 10.2. The maximum absolute atomic E-state index is 12.4. The molecule has 3 rings (SSSR count). The molecule has 0 aromatic carbocycles. The zero-order valence-corrected chi connectivity index (χ0v) is 14.2. The van der Waals surface area contributed by atoms with E-state index >= 15 is 0 Å². The standard InChI is InChI=1S/C15H19N5O3S/c1-24(22,23)17-9-13-10-19-6-7-20(11-14(19)18-13)15(21)8-12-4-2-3-5-16-12/h2-5,10,17H,6-9,11H2,1H3. The van der Waals surface area contributed by atoms with Crippen LogP contribution < -0.4 is 4.72 Å². The topological polar surface area (TPSA) is 97.2 Å². The number of rotatable bonds is 5. The SMILES string of the molecule is CS(=O)(=O)NCc1cn2c(n1)CN(C(=O)Cc1ccccn1)CC2. The van der Waals surface area contributed by atoms with Crippen LogP contribution in [0.1, 0.15) is 17.2 Å². The molecule has 8 nitrogen and oxygen atoms in total. The van der Waals surface area contributed by atoms with Crippen molar-refractivity contribution in [2.24, 2.45) is 0 Å². The van der Waals surface area contributed by atoms with Gasteiger partial charge in [0.15, 0.2) is 0 Å². The highest BCUT2D eigenvalue weighted by molar-refractivity contribution is 7.88. The average molecular weight is 349 g/mol. The highest BCUT2D eigenvalue weighted by Gasteiger charge is 2.23. The van der Waals surface area contributed by atoms with E-state index in [1.54, 1.807) is 11.1 Å². The van der Waals surface area contributed by atoms with E-state index in [9.17, 15) is 13.2 Å². The van der Waals surface area contributed by atoms with Crippen molar-refractivity contribution in [2.75, 3.05) is 12.8 Å². The third-order valence-corrected chi connectivity index (χ3v) is 4.45. The van der Waals surface area contributed by atoms with Gasteiger partial charge in [-0.15, -0.1) is 0 Å². The second-order valence-electron chi connectivity index (χ2n) is 5.75. The Labute approximate surface area is 140 Å². The first-order valence-electron chi connectivity index (χ1n) is 7.58. The lowest BCUT2D eigenvalue weighted by Crippen LogP contribution is -2.39. The van der Waals surface area contributed by atoms with Crippen LogP contribution in [0, 0.1) is 0 Å². The Morgan fingerprint density at radius 1 is 1.29 bits per heavy atom. The van der Waals surface area contributed by atoms with E-state index in [1.165, 1.54) is 0 Å². The molecule has 0 fully saturated rings. The molecule has 1 N–H and O–H groups in total. The van der Waals surface area contributed by atoms with E-state index in [-0.39, 0.29) is 18.9 Å². The largest absolute Gasteiger partial charge is 0.333 e. The van der Waals surface area contributed by atoms with E-state index in [2.05, 4.69) is 14.7 Å². The van der Waals surface area contributed by atoms with Crippen molar-refractivity contribution in [2.45, 2.75) is 26.1 Å². The summed E-state index contributed by atoms with van der Waals surface area (Å²) in [6.45, 7) is 1.83. The molecule has 128 valence electrons. The average Bonchev–Trinajstić information content (AvgIpc) is 2.95. The normalized spacial score (nSPS) is 14.5. The van der Waals surface area contributed by atoms with Crippen molar-refractivity contribution in [3.8, 4) is 0 Å². The van der Waals surface area contributed by atoms with Crippen molar-refractivity contribution in [1.29, 1.82) is 0 Å². The molecule has 0 atom stereocenters. The van der Waals surface area contributed by atoms with E-state index in [0.29, 0.717) is 25.3 Å². The van der Waals surface area contributed by atoms with Gasteiger partial charge < -0.3 is 9.47 Å². The molecular formula is C15H19N5O3S. The minimum atomic E-state index is -3.25. The van der Waals surface area contributed by atoms with Crippen molar-refractivity contribution >= 4 is 15.9 Å². The van der Waals surface area contributed by atoms with Crippen molar-refractivity contribution in [1.82, 2.24) is 24.2 Å². The van der Waals surface area contributed by atoms with Gasteiger partial charge in [-0.05, 0) is 12.1 Å². The smallest absolute Gasteiger partial charge is 0.229 e. The van der Waals surface area contributed by atoms with E-state index in [1.807, 2.05) is 29.0 Å². The number of pyridine rings is 1. The van der Waals surface area contributed by atoms with Crippen molar-refractivity contribution < 1.29 is 13.2 Å². The molecule has 3 heterocycles. The summed E-state index contributed by atoms with van der Waals surface area (Å²) in [5.41, 5.74) is 1.39. The number of nitrogens with zero attached hydrogens (tertiary/aromatic N) is 4. The maximum atomic E-state index is 12.4. The first-order valence-corrected chi connectivity index (χ1v) is 9.47. The van der Waals surface area contributed by atoms with E-state index in [4.69, 9.17) is 0 Å². The first kappa shape index (κ1) is 16.6. The summed E-state index contributed by atoms with van der Waals surface area (Å²) in [6, 6.07) is 5.51. The fraction of sp³-hybridized carbons (Fsp3) is 0.400. The highest BCUT2D eigenvalue weighted by Crippen LogP contribution is 2.14. The molecule has 2 aromatic heterocycles. The minimum Gasteiger partial charge on any atom is -0.333 e. The van der Waals surface area contributed by atoms with Crippen LogP contribution in [0.15, 0.2) is 30.6 Å². The first-order chi connectivity index (χ1) is 11.4. The molecule has 0 saturated carbocycles. The lowest BCUT2D eigenvalue weighted by Gasteiger charge is -2.27. The van der Waals surface area contributed by atoms with Gasteiger partial charge in [0.05, 0.1) is 31.5 Å². The van der Waals surface area contributed by atoms with Crippen LogP contribution in [-0.2, 0) is 40.9 Å². The second-order valence-corrected chi connectivity index (χ2v) is 7.58. The predicted molar refractivity (Wildman–Crippen MR) is 87.3 cm³/mol. The maximum Gasteiger partial charge on any atom is 0.229 e. The molecule has 2 aromatic rings. The number of carbonyl (C=O) groups is 1. The third kappa shape index (κ3) is 4.18. The molecule has 0 bridgehead atoms. The molecule has 9 heteroatoms. The molecule has 1 aliphatic rings. The summed E-state index contributed by atoms with van der Waals surface area (Å²) < 4.78 is 26.7. The van der Waals surface area contributed by atoms with Crippen LogP contribution in [0.5, 0.6) is 0 Å². The molecule has 0 saturated heterocycles. The van der Waals surface area contributed by atoms with Gasteiger partial charge >= 0.3 is 0 Å². The van der Waals surface area contributed by atoms with Gasteiger partial charge in [-0.3, -0.25) is 9.78 Å². The summed E-state index contributed by atoms with van der Waals surface area (Å²) in [6.07, 6.45) is 4.88. The van der Waals surface area contributed by atoms with Crippen LogP contribution >= 0.6 is 0 Å². The Bertz CT molecular complexity index is 832. The molecule has 0 aliphatic carbocycles. The molecule has 1 amide bonds. The number of carbonyl (C=O) groups excluding carboxylic acids is 1. The summed E-state index contributed by atoms with van der Waals surface area (Å²) in [5.74, 6) is 0.777. The Morgan fingerprint density at radius 3 is 2.83 bits per heavy atom. The molecule has 0 spiro atoms. The number of amides is 1. The highest BCUT2D eigenvalue weighted by atomic mass is 32.2. The number of hydrogen-bond acceptors (Lipinski definition) is 5. The van der Waals surface area contributed by atoms with Crippen molar-refractivity contribution in [3.63, 3.8) is 0 Å². The van der Waals surface area contributed by atoms with Gasteiger partial charge in [0, 0.05) is 31.2 Å². The van der Waals surface area contributed by atoms with Crippen LogP contribution in [0.25, 0.3) is 0 Å². The summed E-state index contributed by atoms with van der Waals surface area (Å²) >= 11 is 0.